The lowest BCUT2D eigenvalue weighted by Crippen LogP contribution is -2.17. The Morgan fingerprint density at radius 1 is 1.18 bits per heavy atom. The molecule has 0 amide bonds. The Morgan fingerprint density at radius 2 is 1.95 bits per heavy atom. The van der Waals surface area contributed by atoms with E-state index >= 15 is 0 Å². The van der Waals surface area contributed by atoms with Crippen molar-refractivity contribution >= 4 is 0 Å². The average molecular weight is 303 g/mol. The third-order valence-corrected chi connectivity index (χ3v) is 3.86. The Morgan fingerprint density at radius 3 is 2.59 bits per heavy atom. The third-order valence-electron chi connectivity index (χ3n) is 3.86. The summed E-state index contributed by atoms with van der Waals surface area (Å²) in [4.78, 5) is 0. The Kier molecular flexibility index (Phi) is 5.83. The van der Waals surface area contributed by atoms with E-state index in [9.17, 15) is 0 Å². The molecule has 2 aromatic rings. The number of ether oxygens (including phenoxy) is 2. The summed E-state index contributed by atoms with van der Waals surface area (Å²) in [5, 5.41) is 7.83. The molecule has 0 saturated heterocycles. The summed E-state index contributed by atoms with van der Waals surface area (Å²) < 4.78 is 12.6. The lowest BCUT2D eigenvalue weighted by molar-refractivity contribution is 0.354. The number of hydrogen-bond donors (Lipinski definition) is 1. The van der Waals surface area contributed by atoms with E-state index in [4.69, 9.17) is 9.47 Å². The number of nitrogens with zero attached hydrogens (tertiary/aromatic N) is 2. The van der Waals surface area contributed by atoms with Crippen LogP contribution in [0, 0.1) is 6.92 Å². The van der Waals surface area contributed by atoms with Crippen molar-refractivity contribution in [2.24, 2.45) is 0 Å². The van der Waals surface area contributed by atoms with E-state index in [0.29, 0.717) is 0 Å². The number of methoxy groups -OCH3 is 2. The number of aryl methyl sites for hydroxylation is 1. The molecule has 0 saturated carbocycles. The molecule has 1 aromatic heterocycles. The predicted molar refractivity (Wildman–Crippen MR) is 87.6 cm³/mol. The van der Waals surface area contributed by atoms with Crippen molar-refractivity contribution in [3.63, 3.8) is 0 Å². The topological polar surface area (TPSA) is 48.3 Å². The van der Waals surface area contributed by atoms with Crippen LogP contribution in [0.3, 0.4) is 0 Å². The summed E-state index contributed by atoms with van der Waals surface area (Å²) in [6, 6.07) is 6.05. The van der Waals surface area contributed by atoms with Crippen LogP contribution in [0.25, 0.3) is 0 Å². The van der Waals surface area contributed by atoms with Gasteiger partial charge in [-0.3, -0.25) is 4.68 Å². The molecule has 0 aliphatic carbocycles. The zero-order valence-corrected chi connectivity index (χ0v) is 13.8. The Labute approximate surface area is 132 Å². The van der Waals surface area contributed by atoms with Crippen molar-refractivity contribution < 1.29 is 9.47 Å². The minimum atomic E-state index is 0.766. The second kappa shape index (κ2) is 7.84. The molecule has 0 spiro atoms. The monoisotopic (exact) mass is 303 g/mol. The number of aromatic nitrogens is 2. The number of rotatable bonds is 8. The van der Waals surface area contributed by atoms with Crippen molar-refractivity contribution in [2.75, 3.05) is 20.8 Å². The summed E-state index contributed by atoms with van der Waals surface area (Å²) in [5.74, 6) is 1.54. The van der Waals surface area contributed by atoms with E-state index < -0.39 is 0 Å². The maximum Gasteiger partial charge on any atom is 0.160 e. The smallest absolute Gasteiger partial charge is 0.160 e. The predicted octanol–water partition coefficient (Wildman–Crippen LogP) is 2.56. The van der Waals surface area contributed by atoms with Crippen LogP contribution < -0.4 is 14.8 Å². The standard InChI is InChI=1S/C17H25N3O2/c1-5-20-13(2)15(12-19-20)11-18-9-8-14-6-7-16(21-3)17(10-14)22-4/h6-7,10,12,18H,5,8-9,11H2,1-4H3. The maximum absolute atomic E-state index is 5.33. The molecule has 22 heavy (non-hydrogen) atoms. The fraction of sp³-hybridized carbons (Fsp3) is 0.471. The van der Waals surface area contributed by atoms with Crippen molar-refractivity contribution in [1.82, 2.24) is 15.1 Å². The van der Waals surface area contributed by atoms with Crippen LogP contribution in [0.1, 0.15) is 23.7 Å². The third kappa shape index (κ3) is 3.80. The zero-order chi connectivity index (χ0) is 15.9. The molecular formula is C17H25N3O2. The highest BCUT2D eigenvalue weighted by molar-refractivity contribution is 5.42. The van der Waals surface area contributed by atoms with Crippen LogP contribution in [0.2, 0.25) is 0 Å². The number of nitrogens with one attached hydrogen (secondary N) is 1. The van der Waals surface area contributed by atoms with E-state index in [1.54, 1.807) is 14.2 Å². The van der Waals surface area contributed by atoms with Gasteiger partial charge in [0.25, 0.3) is 0 Å². The number of hydrogen-bond acceptors (Lipinski definition) is 4. The number of benzene rings is 1. The van der Waals surface area contributed by atoms with Crippen LogP contribution >= 0.6 is 0 Å². The van der Waals surface area contributed by atoms with E-state index in [-0.39, 0.29) is 0 Å². The van der Waals surface area contributed by atoms with Gasteiger partial charge in [-0.25, -0.2) is 0 Å². The van der Waals surface area contributed by atoms with Gasteiger partial charge in [0.05, 0.1) is 20.4 Å². The van der Waals surface area contributed by atoms with Gasteiger partial charge in [0.1, 0.15) is 0 Å². The van der Waals surface area contributed by atoms with E-state index in [0.717, 1.165) is 37.6 Å². The largest absolute Gasteiger partial charge is 0.493 e. The Bertz CT molecular complexity index is 608. The maximum atomic E-state index is 5.33. The van der Waals surface area contributed by atoms with Gasteiger partial charge in [-0.15, -0.1) is 0 Å². The molecule has 2 rings (SSSR count). The van der Waals surface area contributed by atoms with Gasteiger partial charge in [-0.2, -0.15) is 5.10 Å². The molecule has 0 aliphatic rings. The van der Waals surface area contributed by atoms with Crippen LogP contribution in [0.4, 0.5) is 0 Å². The first-order valence-electron chi connectivity index (χ1n) is 7.62. The van der Waals surface area contributed by atoms with E-state index in [2.05, 4.69) is 30.3 Å². The van der Waals surface area contributed by atoms with E-state index in [1.807, 2.05) is 23.0 Å². The normalized spacial score (nSPS) is 10.7. The van der Waals surface area contributed by atoms with Gasteiger partial charge < -0.3 is 14.8 Å². The van der Waals surface area contributed by atoms with Crippen LogP contribution in [0.15, 0.2) is 24.4 Å². The van der Waals surface area contributed by atoms with Crippen molar-refractivity contribution in [2.45, 2.75) is 33.4 Å². The average Bonchev–Trinajstić information content (AvgIpc) is 2.91. The molecule has 1 heterocycles. The lowest BCUT2D eigenvalue weighted by Gasteiger charge is -2.10. The van der Waals surface area contributed by atoms with Crippen molar-refractivity contribution in [3.8, 4) is 11.5 Å². The zero-order valence-electron chi connectivity index (χ0n) is 13.8. The summed E-state index contributed by atoms with van der Waals surface area (Å²) in [6.07, 6.45) is 2.89. The van der Waals surface area contributed by atoms with Gasteiger partial charge in [0.15, 0.2) is 11.5 Å². The highest BCUT2D eigenvalue weighted by Gasteiger charge is 2.06. The molecule has 1 N–H and O–H groups in total. The van der Waals surface area contributed by atoms with Crippen LogP contribution in [0.5, 0.6) is 11.5 Å². The van der Waals surface area contributed by atoms with Gasteiger partial charge in [-0.1, -0.05) is 6.07 Å². The quantitative estimate of drug-likeness (QED) is 0.761. The van der Waals surface area contributed by atoms with E-state index in [1.165, 1.54) is 16.8 Å². The van der Waals surface area contributed by atoms with Crippen molar-refractivity contribution in [1.29, 1.82) is 0 Å². The second-order valence-corrected chi connectivity index (χ2v) is 5.19. The lowest BCUT2D eigenvalue weighted by atomic mass is 10.1. The van der Waals surface area contributed by atoms with Crippen LogP contribution in [-0.4, -0.2) is 30.5 Å². The summed E-state index contributed by atoms with van der Waals surface area (Å²) in [7, 11) is 3.31. The van der Waals surface area contributed by atoms with Gasteiger partial charge in [0, 0.05) is 24.3 Å². The minimum Gasteiger partial charge on any atom is -0.493 e. The summed E-state index contributed by atoms with van der Waals surface area (Å²) in [6.45, 7) is 6.89. The molecule has 0 fully saturated rings. The first kappa shape index (κ1) is 16.4. The Hall–Kier alpha value is -2.01. The van der Waals surface area contributed by atoms with Gasteiger partial charge >= 0.3 is 0 Å². The molecule has 0 atom stereocenters. The van der Waals surface area contributed by atoms with Gasteiger partial charge in [0.2, 0.25) is 0 Å². The molecule has 5 heteroatoms. The first-order valence-corrected chi connectivity index (χ1v) is 7.62. The fourth-order valence-electron chi connectivity index (χ4n) is 2.47. The molecule has 0 radical (unpaired) electrons. The molecule has 1 aromatic carbocycles. The highest BCUT2D eigenvalue weighted by atomic mass is 16.5. The first-order chi connectivity index (χ1) is 10.7. The Balaban J connectivity index is 1.84. The molecule has 0 unspecified atom stereocenters. The SMILES string of the molecule is CCn1ncc(CNCCc2ccc(OC)c(OC)c2)c1C. The van der Waals surface area contributed by atoms with Crippen molar-refractivity contribution in [3.05, 3.63) is 41.2 Å². The second-order valence-electron chi connectivity index (χ2n) is 5.19. The summed E-state index contributed by atoms with van der Waals surface area (Å²) in [5.41, 5.74) is 3.72. The molecule has 120 valence electrons. The molecule has 0 aliphatic heterocycles. The summed E-state index contributed by atoms with van der Waals surface area (Å²) >= 11 is 0. The highest BCUT2D eigenvalue weighted by Crippen LogP contribution is 2.27. The molecule has 0 bridgehead atoms. The minimum absolute atomic E-state index is 0.766. The van der Waals surface area contributed by atoms with Gasteiger partial charge in [-0.05, 0) is 44.5 Å². The molecule has 5 nitrogen and oxygen atoms in total. The van der Waals surface area contributed by atoms with Crippen LogP contribution in [-0.2, 0) is 19.5 Å². The molecular weight excluding hydrogens is 278 g/mol. The fourth-order valence-corrected chi connectivity index (χ4v) is 2.47.